The molecule has 1 heterocycles. The van der Waals surface area contributed by atoms with E-state index in [1.54, 1.807) is 0 Å². The van der Waals surface area contributed by atoms with E-state index in [1.807, 2.05) is 18.2 Å². The second kappa shape index (κ2) is 3.74. The molecule has 1 aromatic heterocycles. The van der Waals surface area contributed by atoms with Crippen molar-refractivity contribution >= 4 is 10.9 Å². The lowest BCUT2D eigenvalue weighted by molar-refractivity contribution is 0.441. The zero-order valence-corrected chi connectivity index (χ0v) is 9.90. The lowest BCUT2D eigenvalue weighted by Crippen LogP contribution is -1.78. The van der Waals surface area contributed by atoms with Gasteiger partial charge < -0.3 is 4.52 Å². The van der Waals surface area contributed by atoms with E-state index in [1.165, 1.54) is 11.1 Å². The number of hydrogen-bond donors (Lipinski definition) is 0. The van der Waals surface area contributed by atoms with Crippen LogP contribution < -0.4 is 0 Å². The van der Waals surface area contributed by atoms with Crippen molar-refractivity contribution in [1.82, 2.24) is 5.16 Å². The van der Waals surface area contributed by atoms with Gasteiger partial charge in [0.15, 0.2) is 5.76 Å². The third kappa shape index (κ3) is 1.72. The van der Waals surface area contributed by atoms with Crippen molar-refractivity contribution in [3.8, 4) is 11.3 Å². The number of nitrogens with zero attached hydrogens (tertiary/aromatic N) is 1. The first-order chi connectivity index (χ1) is 8.24. The van der Waals surface area contributed by atoms with E-state index in [2.05, 4.69) is 43.3 Å². The molecule has 0 unspecified atom stereocenters. The van der Waals surface area contributed by atoms with Crippen molar-refractivity contribution in [2.45, 2.75) is 13.8 Å². The van der Waals surface area contributed by atoms with Crippen molar-refractivity contribution in [2.24, 2.45) is 0 Å². The molecule has 0 saturated heterocycles. The minimum Gasteiger partial charge on any atom is -0.355 e. The summed E-state index contributed by atoms with van der Waals surface area (Å²) in [6.45, 7) is 4.15. The van der Waals surface area contributed by atoms with Crippen LogP contribution in [-0.4, -0.2) is 5.16 Å². The molecule has 2 nitrogen and oxygen atoms in total. The van der Waals surface area contributed by atoms with Gasteiger partial charge in [0.2, 0.25) is 0 Å². The Kier molecular flexibility index (Phi) is 2.22. The fourth-order valence-electron chi connectivity index (χ4n) is 2.05. The van der Waals surface area contributed by atoms with Crippen LogP contribution >= 0.6 is 0 Å². The maximum absolute atomic E-state index is 5.46. The lowest BCUT2D eigenvalue weighted by Gasteiger charge is -1.98. The van der Waals surface area contributed by atoms with Crippen LogP contribution in [-0.2, 0) is 0 Å². The summed E-state index contributed by atoms with van der Waals surface area (Å²) in [5.41, 5.74) is 4.43. The molecule has 0 fully saturated rings. The Hall–Kier alpha value is -2.09. The first-order valence-corrected chi connectivity index (χ1v) is 5.67. The van der Waals surface area contributed by atoms with Crippen molar-refractivity contribution in [3.63, 3.8) is 0 Å². The van der Waals surface area contributed by atoms with Crippen LogP contribution in [0.15, 0.2) is 47.0 Å². The first kappa shape index (κ1) is 10.1. The number of benzene rings is 2. The van der Waals surface area contributed by atoms with Crippen molar-refractivity contribution in [2.75, 3.05) is 0 Å². The fourth-order valence-corrected chi connectivity index (χ4v) is 2.05. The summed E-state index contributed by atoms with van der Waals surface area (Å²) < 4.78 is 5.46. The summed E-state index contributed by atoms with van der Waals surface area (Å²) in [5, 5.41) is 5.17. The van der Waals surface area contributed by atoms with E-state index in [4.69, 9.17) is 4.52 Å². The molecule has 17 heavy (non-hydrogen) atoms. The molecule has 0 amide bonds. The molecule has 3 rings (SSSR count). The molecule has 0 atom stereocenters. The van der Waals surface area contributed by atoms with E-state index in [0.717, 1.165) is 22.2 Å². The van der Waals surface area contributed by atoms with Crippen LogP contribution in [0.3, 0.4) is 0 Å². The number of aromatic nitrogens is 1. The Morgan fingerprint density at radius 2 is 1.76 bits per heavy atom. The molecule has 2 heteroatoms. The number of rotatable bonds is 1. The minimum atomic E-state index is 0.854. The number of hydrogen-bond acceptors (Lipinski definition) is 2. The molecule has 2 aromatic carbocycles. The van der Waals surface area contributed by atoms with Gasteiger partial charge in [0.25, 0.3) is 0 Å². The van der Waals surface area contributed by atoms with Gasteiger partial charge in [-0.15, -0.1) is 0 Å². The molecule has 3 aromatic rings. The predicted molar refractivity (Wildman–Crippen MR) is 68.9 cm³/mol. The number of fused-ring (bicyclic) bond motifs is 1. The molecule has 0 saturated carbocycles. The van der Waals surface area contributed by atoms with Crippen LogP contribution in [0.4, 0.5) is 0 Å². The smallest absolute Gasteiger partial charge is 0.174 e. The summed E-state index contributed by atoms with van der Waals surface area (Å²) in [5.74, 6) is 0.854. The highest BCUT2D eigenvalue weighted by Gasteiger charge is 2.10. The molecule has 84 valence electrons. The highest BCUT2D eigenvalue weighted by molar-refractivity contribution is 5.91. The summed E-state index contributed by atoms with van der Waals surface area (Å²) >= 11 is 0. The van der Waals surface area contributed by atoms with Gasteiger partial charge in [0.1, 0.15) is 5.52 Å². The topological polar surface area (TPSA) is 26.0 Å². The highest BCUT2D eigenvalue weighted by Crippen LogP contribution is 2.29. The zero-order chi connectivity index (χ0) is 11.8. The van der Waals surface area contributed by atoms with Crippen molar-refractivity contribution in [1.29, 1.82) is 0 Å². The molecule has 0 spiro atoms. The van der Waals surface area contributed by atoms with E-state index >= 15 is 0 Å². The third-order valence-electron chi connectivity index (χ3n) is 2.91. The Balaban J connectivity index is 2.27. The van der Waals surface area contributed by atoms with Gasteiger partial charge in [0, 0.05) is 10.9 Å². The van der Waals surface area contributed by atoms with Gasteiger partial charge in [-0.25, -0.2) is 0 Å². The molecule has 0 bridgehead atoms. The summed E-state index contributed by atoms with van der Waals surface area (Å²) in [6.07, 6.45) is 0. The van der Waals surface area contributed by atoms with Gasteiger partial charge in [-0.05, 0) is 32.0 Å². The summed E-state index contributed by atoms with van der Waals surface area (Å²) in [4.78, 5) is 0. The lowest BCUT2D eigenvalue weighted by atomic mass is 10.1. The molecule has 0 radical (unpaired) electrons. The molecule has 0 N–H and O–H groups in total. The van der Waals surface area contributed by atoms with E-state index in [-0.39, 0.29) is 0 Å². The average Bonchev–Trinajstić information content (AvgIpc) is 2.71. The van der Waals surface area contributed by atoms with Gasteiger partial charge in [-0.2, -0.15) is 0 Å². The number of aryl methyl sites for hydroxylation is 2. The molecule has 0 aliphatic heterocycles. The SMILES string of the molecule is Cc1cccc(-c2onc3ccc(C)cc23)c1. The standard InChI is InChI=1S/C15H13NO/c1-10-4-3-5-12(8-10)15-13-9-11(2)6-7-14(13)16-17-15/h3-9H,1-2H3. The molecule has 0 aliphatic rings. The van der Waals surface area contributed by atoms with E-state index in [0.29, 0.717) is 0 Å². The Labute approximate surface area is 99.9 Å². The second-order valence-electron chi connectivity index (χ2n) is 4.40. The van der Waals surface area contributed by atoms with E-state index in [9.17, 15) is 0 Å². The van der Waals surface area contributed by atoms with Crippen LogP contribution in [0.25, 0.3) is 22.2 Å². The summed E-state index contributed by atoms with van der Waals surface area (Å²) in [6, 6.07) is 14.4. The largest absolute Gasteiger partial charge is 0.355 e. The highest BCUT2D eigenvalue weighted by atomic mass is 16.5. The maximum atomic E-state index is 5.46. The van der Waals surface area contributed by atoms with Crippen LogP contribution in [0.5, 0.6) is 0 Å². The monoisotopic (exact) mass is 223 g/mol. The van der Waals surface area contributed by atoms with Crippen LogP contribution in [0, 0.1) is 13.8 Å². The van der Waals surface area contributed by atoms with Gasteiger partial charge in [-0.1, -0.05) is 40.5 Å². The predicted octanol–water partition coefficient (Wildman–Crippen LogP) is 4.11. The fraction of sp³-hybridized carbons (Fsp3) is 0.133. The van der Waals surface area contributed by atoms with Gasteiger partial charge in [-0.3, -0.25) is 0 Å². The molecular formula is C15H13NO. The molecule has 0 aliphatic carbocycles. The zero-order valence-electron chi connectivity index (χ0n) is 9.90. The first-order valence-electron chi connectivity index (χ1n) is 5.67. The Morgan fingerprint density at radius 1 is 0.941 bits per heavy atom. The van der Waals surface area contributed by atoms with Crippen LogP contribution in [0.2, 0.25) is 0 Å². The van der Waals surface area contributed by atoms with Crippen LogP contribution in [0.1, 0.15) is 11.1 Å². The van der Waals surface area contributed by atoms with Gasteiger partial charge >= 0.3 is 0 Å². The second-order valence-corrected chi connectivity index (χ2v) is 4.40. The Morgan fingerprint density at radius 3 is 2.59 bits per heavy atom. The Bertz CT molecular complexity index is 682. The minimum absolute atomic E-state index is 0.854. The maximum Gasteiger partial charge on any atom is 0.174 e. The quantitative estimate of drug-likeness (QED) is 0.620. The third-order valence-corrected chi connectivity index (χ3v) is 2.91. The average molecular weight is 223 g/mol. The van der Waals surface area contributed by atoms with Crippen molar-refractivity contribution < 1.29 is 4.52 Å². The van der Waals surface area contributed by atoms with E-state index < -0.39 is 0 Å². The molecular weight excluding hydrogens is 210 g/mol. The van der Waals surface area contributed by atoms with Crippen molar-refractivity contribution in [3.05, 3.63) is 53.6 Å². The summed E-state index contributed by atoms with van der Waals surface area (Å²) in [7, 11) is 0. The van der Waals surface area contributed by atoms with Gasteiger partial charge in [0.05, 0.1) is 0 Å². The normalized spacial score (nSPS) is 10.9.